The lowest BCUT2D eigenvalue weighted by Crippen LogP contribution is -2.46. The van der Waals surface area contributed by atoms with Gasteiger partial charge in [0, 0.05) is 30.9 Å². The summed E-state index contributed by atoms with van der Waals surface area (Å²) in [4.78, 5) is 2.16. The van der Waals surface area contributed by atoms with E-state index in [2.05, 4.69) is 4.90 Å². The Morgan fingerprint density at radius 3 is 2.59 bits per heavy atom. The molecule has 1 aliphatic rings. The largest absolute Gasteiger partial charge is 0.372 e. The number of morpholine rings is 1. The summed E-state index contributed by atoms with van der Waals surface area (Å²) in [5.74, 6) is -0.225. The fourth-order valence-electron chi connectivity index (χ4n) is 2.42. The Hall–Kier alpha value is -1.13. The Labute approximate surface area is 101 Å². The van der Waals surface area contributed by atoms with Crippen LogP contribution in [0.3, 0.4) is 0 Å². The number of hydrogen-bond donors (Lipinski definition) is 1. The van der Waals surface area contributed by atoms with Gasteiger partial charge in [-0.05, 0) is 26.0 Å². The van der Waals surface area contributed by atoms with E-state index < -0.39 is 0 Å². The molecule has 17 heavy (non-hydrogen) atoms. The van der Waals surface area contributed by atoms with Crippen LogP contribution in [0.1, 0.15) is 19.4 Å². The number of benzene rings is 1. The van der Waals surface area contributed by atoms with Crippen LogP contribution in [0.15, 0.2) is 18.2 Å². The predicted octanol–water partition coefficient (Wildman–Crippen LogP) is 1.90. The molecule has 1 aliphatic heterocycles. The summed E-state index contributed by atoms with van der Waals surface area (Å²) in [5, 5.41) is 0. The van der Waals surface area contributed by atoms with Crippen LogP contribution in [0.4, 0.5) is 10.1 Å². The molecular weight excluding hydrogens is 219 g/mol. The maximum Gasteiger partial charge on any atom is 0.129 e. The predicted molar refractivity (Wildman–Crippen MR) is 66.5 cm³/mol. The van der Waals surface area contributed by atoms with Gasteiger partial charge in [-0.2, -0.15) is 0 Å². The lowest BCUT2D eigenvalue weighted by molar-refractivity contribution is -0.00528. The molecule has 0 aromatic heterocycles. The van der Waals surface area contributed by atoms with E-state index in [0.717, 1.165) is 18.8 Å². The maximum absolute atomic E-state index is 13.7. The minimum Gasteiger partial charge on any atom is -0.372 e. The van der Waals surface area contributed by atoms with E-state index in [-0.39, 0.29) is 24.6 Å². The maximum atomic E-state index is 13.7. The van der Waals surface area contributed by atoms with Crippen LogP contribution in [0.25, 0.3) is 0 Å². The first kappa shape index (κ1) is 12.3. The fourth-order valence-corrected chi connectivity index (χ4v) is 2.42. The molecule has 2 N–H and O–H groups in total. The highest BCUT2D eigenvalue weighted by molar-refractivity contribution is 5.54. The molecule has 1 fully saturated rings. The molecule has 1 heterocycles. The van der Waals surface area contributed by atoms with Crippen LogP contribution in [-0.2, 0) is 11.3 Å². The van der Waals surface area contributed by atoms with Crippen molar-refractivity contribution in [1.82, 2.24) is 0 Å². The van der Waals surface area contributed by atoms with Gasteiger partial charge in [-0.15, -0.1) is 0 Å². The lowest BCUT2D eigenvalue weighted by atomic mass is 10.1. The van der Waals surface area contributed by atoms with E-state index in [4.69, 9.17) is 10.5 Å². The van der Waals surface area contributed by atoms with Gasteiger partial charge in [0.2, 0.25) is 0 Å². The molecule has 2 unspecified atom stereocenters. The Kier molecular flexibility index (Phi) is 3.64. The van der Waals surface area contributed by atoms with Crippen LogP contribution in [0, 0.1) is 5.82 Å². The van der Waals surface area contributed by atoms with Crippen molar-refractivity contribution in [3.63, 3.8) is 0 Å². The molecule has 4 heteroatoms. The molecule has 94 valence electrons. The fraction of sp³-hybridized carbons (Fsp3) is 0.538. The quantitative estimate of drug-likeness (QED) is 0.855. The van der Waals surface area contributed by atoms with Crippen molar-refractivity contribution in [2.24, 2.45) is 5.73 Å². The average molecular weight is 238 g/mol. The Morgan fingerprint density at radius 2 is 2.00 bits per heavy atom. The van der Waals surface area contributed by atoms with Gasteiger partial charge in [0.15, 0.2) is 0 Å². The average Bonchev–Trinajstić information content (AvgIpc) is 2.27. The zero-order chi connectivity index (χ0) is 12.4. The van der Waals surface area contributed by atoms with E-state index in [0.29, 0.717) is 5.56 Å². The van der Waals surface area contributed by atoms with Crippen molar-refractivity contribution in [3.8, 4) is 0 Å². The Balaban J connectivity index is 2.30. The second-order valence-corrected chi connectivity index (χ2v) is 4.60. The van der Waals surface area contributed by atoms with E-state index in [1.54, 1.807) is 6.07 Å². The monoisotopic (exact) mass is 238 g/mol. The van der Waals surface area contributed by atoms with Crippen molar-refractivity contribution in [2.45, 2.75) is 32.6 Å². The van der Waals surface area contributed by atoms with Gasteiger partial charge < -0.3 is 15.4 Å². The first-order valence-corrected chi connectivity index (χ1v) is 5.99. The number of hydrogen-bond acceptors (Lipinski definition) is 3. The van der Waals surface area contributed by atoms with E-state index in [9.17, 15) is 4.39 Å². The molecule has 0 amide bonds. The van der Waals surface area contributed by atoms with Crippen molar-refractivity contribution < 1.29 is 9.13 Å². The third-order valence-corrected chi connectivity index (χ3v) is 3.06. The van der Waals surface area contributed by atoms with Crippen LogP contribution in [-0.4, -0.2) is 25.3 Å². The van der Waals surface area contributed by atoms with Crippen LogP contribution in [0.5, 0.6) is 0 Å². The molecule has 0 saturated carbocycles. The van der Waals surface area contributed by atoms with E-state index >= 15 is 0 Å². The number of nitrogens with two attached hydrogens (primary N) is 1. The summed E-state index contributed by atoms with van der Waals surface area (Å²) in [6, 6.07) is 5.11. The highest BCUT2D eigenvalue weighted by Gasteiger charge is 2.24. The third-order valence-electron chi connectivity index (χ3n) is 3.06. The molecule has 0 aliphatic carbocycles. The van der Waals surface area contributed by atoms with Crippen molar-refractivity contribution in [3.05, 3.63) is 29.6 Å². The summed E-state index contributed by atoms with van der Waals surface area (Å²) in [6.45, 7) is 5.85. The minimum absolute atomic E-state index is 0.160. The molecule has 0 bridgehead atoms. The molecule has 1 aromatic carbocycles. The summed E-state index contributed by atoms with van der Waals surface area (Å²) in [6.07, 6.45) is 0.320. The van der Waals surface area contributed by atoms with E-state index in [1.165, 1.54) is 6.07 Å². The first-order chi connectivity index (χ1) is 8.11. The van der Waals surface area contributed by atoms with E-state index in [1.807, 2.05) is 19.9 Å². The number of ether oxygens (including phenoxy) is 1. The highest BCUT2D eigenvalue weighted by atomic mass is 19.1. The topological polar surface area (TPSA) is 38.5 Å². The van der Waals surface area contributed by atoms with Crippen LogP contribution >= 0.6 is 0 Å². The van der Waals surface area contributed by atoms with Crippen LogP contribution in [0.2, 0.25) is 0 Å². The molecule has 1 aromatic rings. The zero-order valence-electron chi connectivity index (χ0n) is 10.3. The molecular formula is C13H19FN2O. The molecule has 2 atom stereocenters. The van der Waals surface area contributed by atoms with Gasteiger partial charge in [-0.1, -0.05) is 6.07 Å². The summed E-state index contributed by atoms with van der Waals surface area (Å²) in [7, 11) is 0. The van der Waals surface area contributed by atoms with Gasteiger partial charge >= 0.3 is 0 Å². The smallest absolute Gasteiger partial charge is 0.129 e. The SMILES string of the molecule is CC1CN(c2cccc(F)c2CN)CC(C)O1. The standard InChI is InChI=1S/C13H19FN2O/c1-9-7-16(8-10(2)17-9)13-5-3-4-12(14)11(13)6-15/h3-5,9-10H,6-8,15H2,1-2H3. The Bertz CT molecular complexity index is 387. The number of rotatable bonds is 2. The molecule has 0 spiro atoms. The lowest BCUT2D eigenvalue weighted by Gasteiger charge is -2.37. The zero-order valence-corrected chi connectivity index (χ0v) is 10.3. The summed E-state index contributed by atoms with van der Waals surface area (Å²) >= 11 is 0. The minimum atomic E-state index is -0.225. The third kappa shape index (κ3) is 2.58. The first-order valence-electron chi connectivity index (χ1n) is 5.99. The van der Waals surface area contributed by atoms with Gasteiger partial charge in [-0.3, -0.25) is 0 Å². The van der Waals surface area contributed by atoms with Crippen molar-refractivity contribution in [2.75, 3.05) is 18.0 Å². The molecule has 1 saturated heterocycles. The van der Waals surface area contributed by atoms with Gasteiger partial charge in [0.1, 0.15) is 5.82 Å². The second-order valence-electron chi connectivity index (χ2n) is 4.60. The summed E-state index contributed by atoms with van der Waals surface area (Å²) < 4.78 is 19.3. The number of nitrogens with zero attached hydrogens (tertiary/aromatic N) is 1. The number of halogens is 1. The molecule has 0 radical (unpaired) electrons. The molecule has 3 nitrogen and oxygen atoms in total. The van der Waals surface area contributed by atoms with Gasteiger partial charge in [0.25, 0.3) is 0 Å². The van der Waals surface area contributed by atoms with Gasteiger partial charge in [-0.25, -0.2) is 4.39 Å². The normalized spacial score (nSPS) is 25.1. The van der Waals surface area contributed by atoms with Crippen molar-refractivity contribution in [1.29, 1.82) is 0 Å². The van der Waals surface area contributed by atoms with Crippen molar-refractivity contribution >= 4 is 5.69 Å². The Morgan fingerprint density at radius 1 is 1.35 bits per heavy atom. The summed E-state index contributed by atoms with van der Waals surface area (Å²) in [5.41, 5.74) is 7.12. The van der Waals surface area contributed by atoms with Gasteiger partial charge in [0.05, 0.1) is 12.2 Å². The number of anilines is 1. The van der Waals surface area contributed by atoms with Crippen LogP contribution < -0.4 is 10.6 Å². The second kappa shape index (κ2) is 5.02. The highest BCUT2D eigenvalue weighted by Crippen LogP contribution is 2.26. The molecule has 2 rings (SSSR count).